The molecule has 0 fully saturated rings. The van der Waals surface area contributed by atoms with Crippen LogP contribution in [0.25, 0.3) is 0 Å². The molecule has 13 nitrogen and oxygen atoms in total. The van der Waals surface area contributed by atoms with E-state index in [2.05, 4.69) is 15.6 Å². The summed E-state index contributed by atoms with van der Waals surface area (Å²) in [5.41, 5.74) is 16.1. The number of nitrogens with zero attached hydrogens (tertiary/aromatic N) is 1. The number of aliphatic carboxylic acids is 2. The zero-order valence-electron chi connectivity index (χ0n) is 15.5. The molecule has 2 amide bonds. The van der Waals surface area contributed by atoms with E-state index in [0.717, 1.165) is 0 Å². The molecule has 0 saturated carbocycles. The number of nitrogens with two attached hydrogens (primary N) is 3. The van der Waals surface area contributed by atoms with E-state index in [-0.39, 0.29) is 25.3 Å². The Kier molecular flexibility index (Phi) is 11.2. The summed E-state index contributed by atoms with van der Waals surface area (Å²) in [7, 11) is 0. The van der Waals surface area contributed by atoms with Crippen molar-refractivity contribution in [2.75, 3.05) is 6.54 Å². The van der Waals surface area contributed by atoms with Gasteiger partial charge in [0, 0.05) is 13.0 Å². The molecule has 0 aromatic heterocycles. The van der Waals surface area contributed by atoms with Crippen LogP contribution < -0.4 is 27.8 Å². The standard InChI is InChI=1S/C15H28N6O7/c1-7(22)11(13(26)20-9(14(27)28)4-5-10(23)24)21-12(25)8(16)3-2-6-19-15(17)18/h7-9,11,22H,2-6,16H2,1H3,(H,20,26)(H,21,25)(H,23,24)(H,27,28)(H4,17,18,19). The van der Waals surface area contributed by atoms with Gasteiger partial charge in [0.1, 0.15) is 12.1 Å². The smallest absolute Gasteiger partial charge is 0.326 e. The maximum absolute atomic E-state index is 12.3. The molecule has 28 heavy (non-hydrogen) atoms. The second-order valence-corrected chi connectivity index (χ2v) is 6.11. The van der Waals surface area contributed by atoms with Crippen molar-refractivity contribution in [3.8, 4) is 0 Å². The third-order valence-electron chi connectivity index (χ3n) is 3.63. The summed E-state index contributed by atoms with van der Waals surface area (Å²) in [6.45, 7) is 1.48. The SMILES string of the molecule is CC(O)C(NC(=O)C(N)CCCN=C(N)N)C(=O)NC(CCC(=O)O)C(=O)O. The molecular weight excluding hydrogens is 376 g/mol. The summed E-state index contributed by atoms with van der Waals surface area (Å²) >= 11 is 0. The average Bonchev–Trinajstić information content (AvgIpc) is 2.58. The highest BCUT2D eigenvalue weighted by Crippen LogP contribution is 2.03. The van der Waals surface area contributed by atoms with Gasteiger partial charge in [-0.25, -0.2) is 4.79 Å². The zero-order valence-corrected chi connectivity index (χ0v) is 15.5. The highest BCUT2D eigenvalue weighted by atomic mass is 16.4. The fourth-order valence-electron chi connectivity index (χ4n) is 2.10. The van der Waals surface area contributed by atoms with Crippen molar-refractivity contribution in [3.05, 3.63) is 0 Å². The Morgan fingerprint density at radius 1 is 1.04 bits per heavy atom. The highest BCUT2D eigenvalue weighted by Gasteiger charge is 2.31. The second-order valence-electron chi connectivity index (χ2n) is 6.11. The molecule has 0 bridgehead atoms. The van der Waals surface area contributed by atoms with E-state index in [0.29, 0.717) is 6.42 Å². The fourth-order valence-corrected chi connectivity index (χ4v) is 2.10. The van der Waals surface area contributed by atoms with Gasteiger partial charge in [-0.1, -0.05) is 0 Å². The van der Waals surface area contributed by atoms with E-state index in [1.807, 2.05) is 0 Å². The van der Waals surface area contributed by atoms with Crippen molar-refractivity contribution in [3.63, 3.8) is 0 Å². The lowest BCUT2D eigenvalue weighted by atomic mass is 10.1. The molecule has 0 aromatic rings. The normalized spacial score (nSPS) is 14.8. The lowest BCUT2D eigenvalue weighted by Gasteiger charge is -2.24. The van der Waals surface area contributed by atoms with Gasteiger partial charge < -0.3 is 43.2 Å². The number of carbonyl (C=O) groups excluding carboxylic acids is 2. The Bertz CT molecular complexity index is 591. The van der Waals surface area contributed by atoms with E-state index >= 15 is 0 Å². The molecule has 0 saturated heterocycles. The van der Waals surface area contributed by atoms with Gasteiger partial charge in [0.2, 0.25) is 11.8 Å². The number of carboxylic acids is 2. The number of amides is 2. The number of aliphatic hydroxyl groups is 1. The Morgan fingerprint density at radius 3 is 2.11 bits per heavy atom. The van der Waals surface area contributed by atoms with Crippen LogP contribution in [-0.4, -0.2) is 75.8 Å². The van der Waals surface area contributed by atoms with Crippen LogP contribution in [0.4, 0.5) is 0 Å². The number of guanidine groups is 1. The van der Waals surface area contributed by atoms with E-state index in [1.165, 1.54) is 6.92 Å². The first-order valence-corrected chi connectivity index (χ1v) is 8.50. The predicted molar refractivity (Wildman–Crippen MR) is 97.9 cm³/mol. The molecule has 11 N–H and O–H groups in total. The minimum absolute atomic E-state index is 0.0975. The van der Waals surface area contributed by atoms with Crippen LogP contribution in [0.1, 0.15) is 32.6 Å². The Morgan fingerprint density at radius 2 is 1.64 bits per heavy atom. The summed E-state index contributed by atoms with van der Waals surface area (Å²) in [6, 6.07) is -3.97. The minimum Gasteiger partial charge on any atom is -0.481 e. The zero-order chi connectivity index (χ0) is 21.9. The lowest BCUT2D eigenvalue weighted by molar-refractivity contribution is -0.144. The van der Waals surface area contributed by atoms with E-state index < -0.39 is 54.4 Å². The van der Waals surface area contributed by atoms with Crippen LogP contribution in [0.3, 0.4) is 0 Å². The summed E-state index contributed by atoms with van der Waals surface area (Å²) in [4.78, 5) is 49.8. The molecule has 13 heteroatoms. The number of hydrogen-bond donors (Lipinski definition) is 8. The summed E-state index contributed by atoms with van der Waals surface area (Å²) < 4.78 is 0. The van der Waals surface area contributed by atoms with Crippen molar-refractivity contribution < 1.29 is 34.5 Å². The topological polar surface area (TPSA) is 243 Å². The quantitative estimate of drug-likeness (QED) is 0.0861. The third kappa shape index (κ3) is 10.3. The molecule has 0 rings (SSSR count). The van der Waals surface area contributed by atoms with Crippen LogP contribution in [0.15, 0.2) is 4.99 Å². The molecule has 0 spiro atoms. The van der Waals surface area contributed by atoms with Crippen LogP contribution in [0.5, 0.6) is 0 Å². The molecule has 160 valence electrons. The second kappa shape index (κ2) is 12.5. The summed E-state index contributed by atoms with van der Waals surface area (Å²) in [6.07, 6.45) is -1.60. The molecular formula is C15H28N6O7. The fraction of sp³-hybridized carbons (Fsp3) is 0.667. The largest absolute Gasteiger partial charge is 0.481 e. The van der Waals surface area contributed by atoms with Gasteiger partial charge in [-0.05, 0) is 26.2 Å². The van der Waals surface area contributed by atoms with Gasteiger partial charge in [0.25, 0.3) is 0 Å². The van der Waals surface area contributed by atoms with Crippen LogP contribution in [0.2, 0.25) is 0 Å². The van der Waals surface area contributed by atoms with Crippen LogP contribution >= 0.6 is 0 Å². The minimum atomic E-state index is -1.49. The van der Waals surface area contributed by atoms with Crippen molar-refractivity contribution in [2.24, 2.45) is 22.2 Å². The molecule has 4 unspecified atom stereocenters. The van der Waals surface area contributed by atoms with E-state index in [9.17, 15) is 24.3 Å². The summed E-state index contributed by atoms with van der Waals surface area (Å²) in [5, 5.41) is 31.8. The Labute approximate surface area is 161 Å². The first kappa shape index (κ1) is 25.1. The van der Waals surface area contributed by atoms with Gasteiger partial charge in [-0.3, -0.25) is 19.4 Å². The number of aliphatic hydroxyl groups excluding tert-OH is 1. The number of carbonyl (C=O) groups is 4. The van der Waals surface area contributed by atoms with Gasteiger partial charge in [-0.15, -0.1) is 0 Å². The Hall–Kier alpha value is -2.93. The van der Waals surface area contributed by atoms with Gasteiger partial charge in [-0.2, -0.15) is 0 Å². The van der Waals surface area contributed by atoms with Crippen molar-refractivity contribution in [1.82, 2.24) is 10.6 Å². The molecule has 0 aliphatic rings. The summed E-state index contributed by atoms with van der Waals surface area (Å²) in [5.74, 6) is -4.48. The predicted octanol–water partition coefficient (Wildman–Crippen LogP) is -3.33. The molecule has 0 aliphatic heterocycles. The third-order valence-corrected chi connectivity index (χ3v) is 3.63. The van der Waals surface area contributed by atoms with Crippen molar-refractivity contribution in [2.45, 2.75) is 56.8 Å². The van der Waals surface area contributed by atoms with Gasteiger partial charge in [0.15, 0.2) is 5.96 Å². The van der Waals surface area contributed by atoms with Crippen LogP contribution in [0, 0.1) is 0 Å². The highest BCUT2D eigenvalue weighted by molar-refractivity contribution is 5.92. The Balaban J connectivity index is 4.83. The monoisotopic (exact) mass is 404 g/mol. The average molecular weight is 404 g/mol. The number of aliphatic imine (C=N–C) groups is 1. The van der Waals surface area contributed by atoms with E-state index in [1.54, 1.807) is 0 Å². The number of hydrogen-bond acceptors (Lipinski definition) is 7. The number of rotatable bonds is 13. The molecule has 0 radical (unpaired) electrons. The maximum Gasteiger partial charge on any atom is 0.326 e. The molecule has 0 aliphatic carbocycles. The van der Waals surface area contributed by atoms with Gasteiger partial charge >= 0.3 is 11.9 Å². The maximum atomic E-state index is 12.3. The molecule has 0 aromatic carbocycles. The first-order valence-electron chi connectivity index (χ1n) is 8.50. The number of carboxylic acid groups (broad SMARTS) is 2. The lowest BCUT2D eigenvalue weighted by Crippen LogP contribution is -2.58. The molecule has 0 heterocycles. The van der Waals surface area contributed by atoms with Crippen molar-refractivity contribution >= 4 is 29.7 Å². The van der Waals surface area contributed by atoms with Crippen molar-refractivity contribution in [1.29, 1.82) is 0 Å². The number of nitrogens with one attached hydrogen (secondary N) is 2. The first-order chi connectivity index (χ1) is 13.0. The van der Waals surface area contributed by atoms with Crippen LogP contribution in [-0.2, 0) is 19.2 Å². The van der Waals surface area contributed by atoms with Gasteiger partial charge in [0.05, 0.1) is 12.1 Å². The molecule has 4 atom stereocenters. The van der Waals surface area contributed by atoms with E-state index in [4.69, 9.17) is 27.4 Å².